The molecule has 0 aromatic heterocycles. The summed E-state index contributed by atoms with van der Waals surface area (Å²) in [5.74, 6) is 0.361. The second-order valence-electron chi connectivity index (χ2n) is 7.74. The topological polar surface area (TPSA) is 43.9 Å². The quantitative estimate of drug-likeness (QED) is 0.792. The Labute approximate surface area is 151 Å². The molecule has 0 N–H and O–H groups in total. The Balaban J connectivity index is 1.84. The average Bonchev–Trinajstić information content (AvgIpc) is 2.60. The Kier molecular flexibility index (Phi) is 6.59. The van der Waals surface area contributed by atoms with Gasteiger partial charge in [-0.25, -0.2) is 0 Å². The van der Waals surface area contributed by atoms with Gasteiger partial charge in [0.2, 0.25) is 11.8 Å². The number of rotatable bonds is 6. The van der Waals surface area contributed by atoms with Crippen LogP contribution in [-0.4, -0.2) is 73.3 Å². The predicted molar refractivity (Wildman–Crippen MR) is 100 cm³/mol. The third-order valence-electron chi connectivity index (χ3n) is 4.91. The van der Waals surface area contributed by atoms with Crippen molar-refractivity contribution >= 4 is 11.8 Å². The Bertz CT molecular complexity index is 576. The maximum absolute atomic E-state index is 12.7. The van der Waals surface area contributed by atoms with Crippen LogP contribution in [0.15, 0.2) is 30.3 Å². The summed E-state index contributed by atoms with van der Waals surface area (Å²) in [5.41, 5.74) is 0.998. The minimum Gasteiger partial charge on any atom is -0.339 e. The van der Waals surface area contributed by atoms with Crippen molar-refractivity contribution in [2.45, 2.75) is 32.1 Å². The van der Waals surface area contributed by atoms with Gasteiger partial charge in [0.1, 0.15) is 0 Å². The molecule has 1 heterocycles. The number of carbonyl (C=O) groups excluding carboxylic acids is 2. The fraction of sp³-hybridized carbons (Fsp3) is 0.600. The minimum absolute atomic E-state index is 0.175. The van der Waals surface area contributed by atoms with Gasteiger partial charge in [-0.05, 0) is 25.1 Å². The van der Waals surface area contributed by atoms with E-state index < -0.39 is 0 Å². The molecular weight excluding hydrogens is 314 g/mol. The monoisotopic (exact) mass is 345 g/mol. The SMILES string of the molecule is CN(C)CCC(=O)N1CCN(C(=O)CC(C)(C)c2ccccc2)CC1. The lowest BCUT2D eigenvalue weighted by molar-refractivity contribution is -0.140. The Morgan fingerprint density at radius 2 is 1.48 bits per heavy atom. The standard InChI is InChI=1S/C20H31N3O2/c1-20(2,17-8-6-5-7-9-17)16-19(25)23-14-12-22(13-15-23)18(24)10-11-21(3)4/h5-9H,10-16H2,1-4H3. The second-order valence-corrected chi connectivity index (χ2v) is 7.74. The Morgan fingerprint density at radius 3 is 2.00 bits per heavy atom. The van der Waals surface area contributed by atoms with Gasteiger partial charge >= 0.3 is 0 Å². The molecule has 2 rings (SSSR count). The number of carbonyl (C=O) groups is 2. The zero-order valence-corrected chi connectivity index (χ0v) is 16.0. The van der Waals surface area contributed by atoms with Gasteiger partial charge in [0.15, 0.2) is 0 Å². The highest BCUT2D eigenvalue weighted by Crippen LogP contribution is 2.27. The van der Waals surface area contributed by atoms with Crippen LogP contribution in [0.25, 0.3) is 0 Å². The molecule has 1 saturated heterocycles. The maximum atomic E-state index is 12.7. The van der Waals surface area contributed by atoms with E-state index in [9.17, 15) is 9.59 Å². The zero-order valence-electron chi connectivity index (χ0n) is 16.0. The van der Waals surface area contributed by atoms with E-state index in [4.69, 9.17) is 0 Å². The van der Waals surface area contributed by atoms with Gasteiger partial charge in [0.05, 0.1) is 0 Å². The lowest BCUT2D eigenvalue weighted by Crippen LogP contribution is -2.51. The number of hydrogen-bond donors (Lipinski definition) is 0. The van der Waals surface area contributed by atoms with E-state index in [2.05, 4.69) is 26.0 Å². The molecule has 138 valence electrons. The van der Waals surface area contributed by atoms with Gasteiger partial charge in [0.25, 0.3) is 0 Å². The predicted octanol–water partition coefficient (Wildman–Crippen LogP) is 1.98. The summed E-state index contributed by atoms with van der Waals surface area (Å²) in [7, 11) is 3.94. The van der Waals surface area contributed by atoms with Crippen LogP contribution in [-0.2, 0) is 15.0 Å². The summed E-state index contributed by atoms with van der Waals surface area (Å²) >= 11 is 0. The van der Waals surface area contributed by atoms with Crippen molar-refractivity contribution in [1.82, 2.24) is 14.7 Å². The summed E-state index contributed by atoms with van der Waals surface area (Å²) in [6.45, 7) is 7.55. The van der Waals surface area contributed by atoms with Crippen LogP contribution in [0.1, 0.15) is 32.3 Å². The van der Waals surface area contributed by atoms with E-state index >= 15 is 0 Å². The van der Waals surface area contributed by atoms with Crippen molar-refractivity contribution in [3.05, 3.63) is 35.9 Å². The zero-order chi connectivity index (χ0) is 18.4. The number of hydrogen-bond acceptors (Lipinski definition) is 3. The summed E-state index contributed by atoms with van der Waals surface area (Å²) in [6.07, 6.45) is 1.04. The molecule has 0 unspecified atom stereocenters. The molecule has 0 radical (unpaired) electrons. The molecule has 1 aliphatic heterocycles. The van der Waals surface area contributed by atoms with Crippen molar-refractivity contribution in [1.29, 1.82) is 0 Å². The van der Waals surface area contributed by atoms with Gasteiger partial charge < -0.3 is 14.7 Å². The van der Waals surface area contributed by atoms with Crippen molar-refractivity contribution in [3.8, 4) is 0 Å². The van der Waals surface area contributed by atoms with Crippen molar-refractivity contribution in [2.75, 3.05) is 46.8 Å². The Hall–Kier alpha value is -1.88. The van der Waals surface area contributed by atoms with Crippen LogP contribution >= 0.6 is 0 Å². The lowest BCUT2D eigenvalue weighted by Gasteiger charge is -2.36. The smallest absolute Gasteiger partial charge is 0.223 e. The number of amides is 2. The normalized spacial score (nSPS) is 15.6. The average molecular weight is 345 g/mol. The highest BCUT2D eigenvalue weighted by atomic mass is 16.2. The van der Waals surface area contributed by atoms with Gasteiger partial charge in [-0.1, -0.05) is 44.2 Å². The fourth-order valence-corrected chi connectivity index (χ4v) is 3.16. The van der Waals surface area contributed by atoms with E-state index in [1.807, 2.05) is 47.0 Å². The third kappa shape index (κ3) is 5.56. The van der Waals surface area contributed by atoms with Crippen LogP contribution in [0, 0.1) is 0 Å². The van der Waals surface area contributed by atoms with Crippen LogP contribution in [0.5, 0.6) is 0 Å². The van der Waals surface area contributed by atoms with Crippen molar-refractivity contribution in [3.63, 3.8) is 0 Å². The number of piperazine rings is 1. The summed E-state index contributed by atoms with van der Waals surface area (Å²) < 4.78 is 0. The minimum atomic E-state index is -0.184. The van der Waals surface area contributed by atoms with E-state index in [-0.39, 0.29) is 17.2 Å². The van der Waals surface area contributed by atoms with Crippen molar-refractivity contribution in [2.24, 2.45) is 0 Å². The van der Waals surface area contributed by atoms with Crippen LogP contribution in [0.2, 0.25) is 0 Å². The molecule has 2 amide bonds. The molecule has 0 saturated carbocycles. The molecule has 5 nitrogen and oxygen atoms in total. The number of benzene rings is 1. The van der Waals surface area contributed by atoms with Gasteiger partial charge in [-0.3, -0.25) is 9.59 Å². The van der Waals surface area contributed by atoms with Crippen LogP contribution in [0.4, 0.5) is 0 Å². The molecular formula is C20H31N3O2. The second kappa shape index (κ2) is 8.48. The van der Waals surface area contributed by atoms with Gasteiger partial charge in [-0.15, -0.1) is 0 Å². The maximum Gasteiger partial charge on any atom is 0.223 e. The lowest BCUT2D eigenvalue weighted by atomic mass is 9.81. The molecule has 5 heteroatoms. The van der Waals surface area contributed by atoms with Crippen LogP contribution < -0.4 is 0 Å². The first kappa shape index (κ1) is 19.4. The van der Waals surface area contributed by atoms with Crippen molar-refractivity contribution < 1.29 is 9.59 Å². The Morgan fingerprint density at radius 1 is 0.960 bits per heavy atom. The molecule has 1 aromatic rings. The molecule has 0 spiro atoms. The molecule has 1 aliphatic rings. The van der Waals surface area contributed by atoms with Gasteiger partial charge in [0, 0.05) is 45.6 Å². The molecule has 0 atom stereocenters. The van der Waals surface area contributed by atoms with E-state index in [1.54, 1.807) is 0 Å². The number of nitrogens with zero attached hydrogens (tertiary/aromatic N) is 3. The van der Waals surface area contributed by atoms with E-state index in [0.717, 1.165) is 6.54 Å². The first-order valence-corrected chi connectivity index (χ1v) is 9.05. The molecule has 0 aliphatic carbocycles. The summed E-state index contributed by atoms with van der Waals surface area (Å²) in [6, 6.07) is 10.2. The third-order valence-corrected chi connectivity index (χ3v) is 4.91. The fourth-order valence-electron chi connectivity index (χ4n) is 3.16. The van der Waals surface area contributed by atoms with E-state index in [0.29, 0.717) is 39.0 Å². The summed E-state index contributed by atoms with van der Waals surface area (Å²) in [4.78, 5) is 30.7. The summed E-state index contributed by atoms with van der Waals surface area (Å²) in [5, 5.41) is 0. The molecule has 1 fully saturated rings. The highest BCUT2D eigenvalue weighted by Gasteiger charge is 2.29. The molecule has 1 aromatic carbocycles. The van der Waals surface area contributed by atoms with Gasteiger partial charge in [-0.2, -0.15) is 0 Å². The van der Waals surface area contributed by atoms with E-state index in [1.165, 1.54) is 5.56 Å². The highest BCUT2D eigenvalue weighted by molar-refractivity contribution is 5.79. The van der Waals surface area contributed by atoms with Crippen LogP contribution in [0.3, 0.4) is 0 Å². The molecule has 0 bridgehead atoms. The first-order valence-electron chi connectivity index (χ1n) is 9.05. The largest absolute Gasteiger partial charge is 0.339 e. The molecule has 25 heavy (non-hydrogen) atoms. The first-order chi connectivity index (χ1) is 11.8.